The molecule has 0 saturated heterocycles. The summed E-state index contributed by atoms with van der Waals surface area (Å²) in [7, 11) is 0. The molecule has 124 valence electrons. The number of carbonyl (C=O) groups excluding carboxylic acids is 2. The number of rotatable bonds is 5. The second kappa shape index (κ2) is 7.77. The summed E-state index contributed by atoms with van der Waals surface area (Å²) >= 11 is 0. The number of hydrogen-bond donors (Lipinski definition) is 0. The number of ether oxygens (including phenoxy) is 2. The first-order valence-corrected chi connectivity index (χ1v) is 8.25. The average Bonchev–Trinajstić information content (AvgIpc) is 3.14. The Hall–Kier alpha value is -2.62. The zero-order valence-corrected chi connectivity index (χ0v) is 13.4. The molecule has 0 aromatic heterocycles. The average molecular weight is 324 g/mol. The fourth-order valence-corrected chi connectivity index (χ4v) is 2.86. The van der Waals surface area contributed by atoms with Gasteiger partial charge in [-0.2, -0.15) is 0 Å². The van der Waals surface area contributed by atoms with E-state index in [1.165, 1.54) is 0 Å². The lowest BCUT2D eigenvalue weighted by Gasteiger charge is -2.20. The maximum atomic E-state index is 12.6. The van der Waals surface area contributed by atoms with Crippen molar-refractivity contribution in [1.29, 1.82) is 0 Å². The summed E-state index contributed by atoms with van der Waals surface area (Å²) in [4.78, 5) is 24.9. The molecule has 0 N–H and O–H groups in total. The van der Waals surface area contributed by atoms with E-state index in [0.717, 1.165) is 25.7 Å². The Morgan fingerprint density at radius 1 is 0.875 bits per heavy atom. The van der Waals surface area contributed by atoms with Gasteiger partial charge in [0.2, 0.25) is 6.10 Å². The monoisotopic (exact) mass is 324 g/mol. The van der Waals surface area contributed by atoms with Crippen molar-refractivity contribution in [1.82, 2.24) is 0 Å². The van der Waals surface area contributed by atoms with Crippen LogP contribution in [0.1, 0.15) is 47.7 Å². The molecule has 2 aromatic carbocycles. The summed E-state index contributed by atoms with van der Waals surface area (Å²) in [6.07, 6.45) is 2.77. The van der Waals surface area contributed by atoms with Gasteiger partial charge in [0.1, 0.15) is 6.10 Å². The van der Waals surface area contributed by atoms with Crippen molar-refractivity contribution in [2.45, 2.75) is 37.9 Å². The largest absolute Gasteiger partial charge is 0.459 e. The van der Waals surface area contributed by atoms with Crippen LogP contribution in [-0.4, -0.2) is 18.0 Å². The summed E-state index contributed by atoms with van der Waals surface area (Å²) in [6, 6.07) is 17.6. The lowest BCUT2D eigenvalue weighted by atomic mass is 10.1. The fraction of sp³-hybridized carbons (Fsp3) is 0.300. The Balaban J connectivity index is 1.77. The van der Waals surface area contributed by atoms with Crippen molar-refractivity contribution >= 4 is 11.9 Å². The third kappa shape index (κ3) is 4.02. The van der Waals surface area contributed by atoms with Gasteiger partial charge in [-0.15, -0.1) is 0 Å². The predicted octanol–water partition coefficient (Wildman–Crippen LogP) is 4.07. The summed E-state index contributed by atoms with van der Waals surface area (Å²) < 4.78 is 11.0. The van der Waals surface area contributed by atoms with Crippen LogP contribution in [0.15, 0.2) is 60.7 Å². The van der Waals surface area contributed by atoms with Gasteiger partial charge in [0, 0.05) is 5.56 Å². The minimum Gasteiger partial charge on any atom is -0.459 e. The number of esters is 2. The minimum absolute atomic E-state index is 0.0702. The van der Waals surface area contributed by atoms with Gasteiger partial charge in [-0.1, -0.05) is 48.5 Å². The number of hydrogen-bond acceptors (Lipinski definition) is 4. The Bertz CT molecular complexity index is 675. The van der Waals surface area contributed by atoms with Gasteiger partial charge in [0.25, 0.3) is 0 Å². The molecule has 0 bridgehead atoms. The maximum Gasteiger partial charge on any atom is 0.352 e. The molecular formula is C20H20O4. The van der Waals surface area contributed by atoms with Gasteiger partial charge in [0.15, 0.2) is 0 Å². The SMILES string of the molecule is O=C(OC(C(=O)OC1CCCC1)c1ccccc1)c1ccccc1. The van der Waals surface area contributed by atoms with Crippen LogP contribution < -0.4 is 0 Å². The minimum atomic E-state index is -1.04. The molecular weight excluding hydrogens is 304 g/mol. The zero-order chi connectivity index (χ0) is 16.8. The van der Waals surface area contributed by atoms with E-state index >= 15 is 0 Å². The van der Waals surface area contributed by atoms with Gasteiger partial charge in [0.05, 0.1) is 5.56 Å². The molecule has 4 nitrogen and oxygen atoms in total. The highest BCUT2D eigenvalue weighted by Crippen LogP contribution is 2.26. The van der Waals surface area contributed by atoms with E-state index in [0.29, 0.717) is 11.1 Å². The van der Waals surface area contributed by atoms with Crippen LogP contribution in [-0.2, 0) is 14.3 Å². The molecule has 1 fully saturated rings. The zero-order valence-electron chi connectivity index (χ0n) is 13.4. The lowest BCUT2D eigenvalue weighted by Crippen LogP contribution is -2.25. The molecule has 1 saturated carbocycles. The molecule has 1 atom stereocenters. The molecule has 1 unspecified atom stereocenters. The van der Waals surface area contributed by atoms with Crippen LogP contribution in [0.25, 0.3) is 0 Å². The lowest BCUT2D eigenvalue weighted by molar-refractivity contribution is -0.159. The molecule has 4 heteroatoms. The first kappa shape index (κ1) is 16.2. The smallest absolute Gasteiger partial charge is 0.352 e. The number of benzene rings is 2. The second-order valence-corrected chi connectivity index (χ2v) is 5.91. The predicted molar refractivity (Wildman–Crippen MR) is 89.4 cm³/mol. The summed E-state index contributed by atoms with van der Waals surface area (Å²) in [5.74, 6) is -1.04. The van der Waals surface area contributed by atoms with Crippen LogP contribution in [0.4, 0.5) is 0 Å². The van der Waals surface area contributed by atoms with Gasteiger partial charge < -0.3 is 9.47 Å². The molecule has 2 aromatic rings. The molecule has 3 rings (SSSR count). The molecule has 0 radical (unpaired) electrons. The third-order valence-corrected chi connectivity index (χ3v) is 4.14. The summed E-state index contributed by atoms with van der Waals surface area (Å²) in [5, 5.41) is 0. The first-order chi connectivity index (χ1) is 11.7. The topological polar surface area (TPSA) is 52.6 Å². The Labute approximate surface area is 141 Å². The summed E-state index contributed by atoms with van der Waals surface area (Å²) in [6.45, 7) is 0. The Morgan fingerprint density at radius 3 is 2.08 bits per heavy atom. The van der Waals surface area contributed by atoms with Crippen LogP contribution >= 0.6 is 0 Å². The molecule has 1 aliphatic carbocycles. The number of carbonyl (C=O) groups is 2. The molecule has 0 aliphatic heterocycles. The van der Waals surface area contributed by atoms with E-state index < -0.39 is 18.0 Å². The van der Waals surface area contributed by atoms with Crippen molar-refractivity contribution in [2.75, 3.05) is 0 Å². The molecule has 0 amide bonds. The Kier molecular flexibility index (Phi) is 5.26. The molecule has 0 heterocycles. The van der Waals surface area contributed by atoms with Crippen LogP contribution in [0.2, 0.25) is 0 Å². The van der Waals surface area contributed by atoms with E-state index in [9.17, 15) is 9.59 Å². The quantitative estimate of drug-likeness (QED) is 0.778. The first-order valence-electron chi connectivity index (χ1n) is 8.25. The third-order valence-electron chi connectivity index (χ3n) is 4.14. The van der Waals surface area contributed by atoms with Gasteiger partial charge in [-0.3, -0.25) is 0 Å². The normalized spacial score (nSPS) is 15.7. The maximum absolute atomic E-state index is 12.6. The standard InChI is InChI=1S/C20H20O4/c21-19(16-11-5-2-6-12-16)24-18(15-9-3-1-4-10-15)20(22)23-17-13-7-8-14-17/h1-6,9-12,17-18H,7-8,13-14H2. The van der Waals surface area contributed by atoms with Crippen molar-refractivity contribution in [2.24, 2.45) is 0 Å². The molecule has 24 heavy (non-hydrogen) atoms. The van der Waals surface area contributed by atoms with Gasteiger partial charge in [-0.25, -0.2) is 9.59 Å². The van der Waals surface area contributed by atoms with E-state index in [-0.39, 0.29) is 6.10 Å². The highest BCUT2D eigenvalue weighted by Gasteiger charge is 2.30. The highest BCUT2D eigenvalue weighted by atomic mass is 16.6. The summed E-state index contributed by atoms with van der Waals surface area (Å²) in [5.41, 5.74) is 1.02. The van der Waals surface area contributed by atoms with Crippen LogP contribution in [0, 0.1) is 0 Å². The van der Waals surface area contributed by atoms with Crippen molar-refractivity contribution in [3.8, 4) is 0 Å². The van der Waals surface area contributed by atoms with Crippen molar-refractivity contribution in [3.05, 3.63) is 71.8 Å². The highest BCUT2D eigenvalue weighted by molar-refractivity contribution is 5.91. The van der Waals surface area contributed by atoms with E-state index in [1.54, 1.807) is 36.4 Å². The Morgan fingerprint density at radius 2 is 1.46 bits per heavy atom. The molecule has 1 aliphatic rings. The van der Waals surface area contributed by atoms with Crippen molar-refractivity contribution < 1.29 is 19.1 Å². The fourth-order valence-electron chi connectivity index (χ4n) is 2.86. The van der Waals surface area contributed by atoms with Gasteiger partial charge >= 0.3 is 11.9 Å². The van der Waals surface area contributed by atoms with E-state index in [2.05, 4.69) is 0 Å². The van der Waals surface area contributed by atoms with Crippen LogP contribution in [0.3, 0.4) is 0 Å². The van der Waals surface area contributed by atoms with E-state index in [1.807, 2.05) is 24.3 Å². The molecule has 0 spiro atoms. The van der Waals surface area contributed by atoms with E-state index in [4.69, 9.17) is 9.47 Å². The van der Waals surface area contributed by atoms with Crippen LogP contribution in [0.5, 0.6) is 0 Å². The second-order valence-electron chi connectivity index (χ2n) is 5.91. The van der Waals surface area contributed by atoms with Gasteiger partial charge in [-0.05, 0) is 37.8 Å². The van der Waals surface area contributed by atoms with Crippen molar-refractivity contribution in [3.63, 3.8) is 0 Å².